The van der Waals surface area contributed by atoms with E-state index in [9.17, 15) is 0 Å². The fourth-order valence-electron chi connectivity index (χ4n) is 3.92. The summed E-state index contributed by atoms with van der Waals surface area (Å²) in [6.07, 6.45) is 2.57. The van der Waals surface area contributed by atoms with E-state index in [1.165, 1.54) is 37.2 Å². The quantitative estimate of drug-likeness (QED) is 0.584. The number of hydrogen-bond donors (Lipinski definition) is 3. The first-order chi connectivity index (χ1) is 11.7. The van der Waals surface area contributed by atoms with Crippen molar-refractivity contribution in [3.8, 4) is 0 Å². The van der Waals surface area contributed by atoms with E-state index in [0.29, 0.717) is 11.8 Å². The van der Waals surface area contributed by atoms with Crippen molar-refractivity contribution in [3.63, 3.8) is 0 Å². The summed E-state index contributed by atoms with van der Waals surface area (Å²) in [6, 6.07) is 10.5. The van der Waals surface area contributed by atoms with E-state index >= 15 is 0 Å². The van der Waals surface area contributed by atoms with E-state index in [0.717, 1.165) is 23.0 Å². The Kier molecular flexibility index (Phi) is 4.29. The Morgan fingerprint density at radius 1 is 1.29 bits per heavy atom. The minimum atomic E-state index is 0.478. The van der Waals surface area contributed by atoms with Gasteiger partial charge in [0.2, 0.25) is 0 Å². The molecule has 4 nitrogen and oxygen atoms in total. The Hall–Kier alpha value is -1.85. The summed E-state index contributed by atoms with van der Waals surface area (Å²) in [5, 5.41) is 17.1. The number of amidine groups is 1. The fourth-order valence-corrected chi connectivity index (χ4v) is 4.55. The molecular formula is C19H24N4S. The van der Waals surface area contributed by atoms with Gasteiger partial charge in [0.1, 0.15) is 5.84 Å². The van der Waals surface area contributed by atoms with Crippen molar-refractivity contribution in [1.82, 2.24) is 4.90 Å². The van der Waals surface area contributed by atoms with E-state index in [-0.39, 0.29) is 0 Å². The van der Waals surface area contributed by atoms with E-state index in [4.69, 9.17) is 5.41 Å². The number of piperidine rings is 1. The second kappa shape index (κ2) is 6.57. The molecule has 0 saturated carbocycles. The first-order valence-electron chi connectivity index (χ1n) is 8.66. The number of fused-ring (bicyclic) bond motifs is 1. The maximum Gasteiger partial charge on any atom is 0.140 e. The second-order valence-corrected chi connectivity index (χ2v) is 7.86. The molecule has 0 amide bonds. The maximum absolute atomic E-state index is 8.23. The molecule has 0 bridgehead atoms. The topological polar surface area (TPSA) is 51.1 Å². The van der Waals surface area contributed by atoms with E-state index in [2.05, 4.69) is 40.8 Å². The average Bonchev–Trinajstić information content (AvgIpc) is 3.25. The molecule has 1 unspecified atom stereocenters. The summed E-state index contributed by atoms with van der Waals surface area (Å²) < 4.78 is 0. The molecule has 24 heavy (non-hydrogen) atoms. The van der Waals surface area contributed by atoms with Crippen molar-refractivity contribution in [3.05, 3.63) is 46.2 Å². The van der Waals surface area contributed by atoms with Crippen LogP contribution in [0.1, 0.15) is 29.2 Å². The van der Waals surface area contributed by atoms with Gasteiger partial charge in [-0.25, -0.2) is 0 Å². The van der Waals surface area contributed by atoms with Gasteiger partial charge in [-0.15, -0.1) is 11.3 Å². The van der Waals surface area contributed by atoms with Crippen molar-refractivity contribution in [2.75, 3.05) is 37.3 Å². The third-order valence-corrected chi connectivity index (χ3v) is 6.22. The van der Waals surface area contributed by atoms with Crippen molar-refractivity contribution in [1.29, 1.82) is 5.41 Å². The van der Waals surface area contributed by atoms with Crippen LogP contribution in [0.5, 0.6) is 0 Å². The molecule has 5 heteroatoms. The average molecular weight is 340 g/mol. The highest BCUT2D eigenvalue weighted by Crippen LogP contribution is 2.41. The summed E-state index contributed by atoms with van der Waals surface area (Å²) in [4.78, 5) is 3.40. The van der Waals surface area contributed by atoms with Gasteiger partial charge in [-0.3, -0.25) is 5.41 Å². The summed E-state index contributed by atoms with van der Waals surface area (Å²) in [6.45, 7) is 3.46. The van der Waals surface area contributed by atoms with Gasteiger partial charge in [0, 0.05) is 23.8 Å². The van der Waals surface area contributed by atoms with Crippen LogP contribution in [-0.2, 0) is 0 Å². The van der Waals surface area contributed by atoms with Crippen LogP contribution in [0, 0.1) is 11.3 Å². The molecule has 126 valence electrons. The Bertz CT molecular complexity index is 717. The first-order valence-corrected chi connectivity index (χ1v) is 9.54. The lowest BCUT2D eigenvalue weighted by Crippen LogP contribution is -2.33. The predicted molar refractivity (Wildman–Crippen MR) is 103 cm³/mol. The van der Waals surface area contributed by atoms with Gasteiger partial charge in [-0.2, -0.15) is 0 Å². The van der Waals surface area contributed by atoms with Crippen molar-refractivity contribution < 1.29 is 0 Å². The molecule has 3 heterocycles. The molecule has 0 radical (unpaired) electrons. The minimum absolute atomic E-state index is 0.478. The molecular weight excluding hydrogens is 316 g/mol. The van der Waals surface area contributed by atoms with Crippen LogP contribution in [0.4, 0.5) is 11.4 Å². The molecule has 0 aliphatic carbocycles. The molecule has 2 aliphatic rings. The molecule has 2 aromatic rings. The lowest BCUT2D eigenvalue weighted by Gasteiger charge is -2.32. The number of hydrogen-bond acceptors (Lipinski definition) is 4. The van der Waals surface area contributed by atoms with Crippen molar-refractivity contribution in [2.45, 2.75) is 18.8 Å². The summed E-state index contributed by atoms with van der Waals surface area (Å²) in [7, 11) is 2.22. The van der Waals surface area contributed by atoms with Crippen LogP contribution >= 0.6 is 11.3 Å². The molecule has 3 N–H and O–H groups in total. The molecule has 1 aromatic heterocycles. The molecule has 1 saturated heterocycles. The monoisotopic (exact) mass is 340 g/mol. The first kappa shape index (κ1) is 15.7. The standard InChI is InChI=1S/C19H24N4S/c1-23-8-6-13(7-9-23)16-12-21-17-5-4-14(11-15(16)17)22-19(20)18-3-2-10-24-18/h2-5,10-11,13,16,21H,6-9,12H2,1H3,(H2,20,22). The summed E-state index contributed by atoms with van der Waals surface area (Å²) in [5.41, 5.74) is 3.72. The van der Waals surface area contributed by atoms with Crippen LogP contribution in [0.2, 0.25) is 0 Å². The Balaban J connectivity index is 1.51. The third kappa shape index (κ3) is 3.06. The molecule has 1 fully saturated rings. The molecule has 4 rings (SSSR count). The highest BCUT2D eigenvalue weighted by molar-refractivity contribution is 7.12. The van der Waals surface area contributed by atoms with Gasteiger partial charge in [-0.05, 0) is 74.1 Å². The van der Waals surface area contributed by atoms with Crippen molar-refractivity contribution in [2.24, 2.45) is 5.92 Å². The highest BCUT2D eigenvalue weighted by atomic mass is 32.1. The smallest absolute Gasteiger partial charge is 0.140 e. The zero-order valence-electron chi connectivity index (χ0n) is 14.0. The minimum Gasteiger partial charge on any atom is -0.384 e. The largest absolute Gasteiger partial charge is 0.384 e. The van der Waals surface area contributed by atoms with Gasteiger partial charge in [0.15, 0.2) is 0 Å². The van der Waals surface area contributed by atoms with Crippen LogP contribution < -0.4 is 10.6 Å². The zero-order chi connectivity index (χ0) is 16.5. The molecule has 1 aromatic carbocycles. The summed E-state index contributed by atoms with van der Waals surface area (Å²) in [5.74, 6) is 1.85. The van der Waals surface area contributed by atoms with Crippen LogP contribution in [0.15, 0.2) is 35.7 Å². The Morgan fingerprint density at radius 3 is 2.88 bits per heavy atom. The van der Waals surface area contributed by atoms with Gasteiger partial charge >= 0.3 is 0 Å². The zero-order valence-corrected chi connectivity index (χ0v) is 14.8. The second-order valence-electron chi connectivity index (χ2n) is 6.91. The van der Waals surface area contributed by atoms with Crippen LogP contribution in [0.25, 0.3) is 0 Å². The maximum atomic E-state index is 8.23. The lowest BCUT2D eigenvalue weighted by molar-refractivity contribution is 0.202. The molecule has 1 atom stereocenters. The number of nitrogens with one attached hydrogen (secondary N) is 3. The Labute approximate surface area is 147 Å². The normalized spacial score (nSPS) is 21.3. The number of nitrogens with zero attached hydrogens (tertiary/aromatic N) is 1. The van der Waals surface area contributed by atoms with Gasteiger partial charge in [-0.1, -0.05) is 6.07 Å². The van der Waals surface area contributed by atoms with E-state index < -0.39 is 0 Å². The van der Waals surface area contributed by atoms with E-state index in [1.54, 1.807) is 11.3 Å². The van der Waals surface area contributed by atoms with Crippen molar-refractivity contribution >= 4 is 28.5 Å². The number of thiophene rings is 1. The number of benzene rings is 1. The van der Waals surface area contributed by atoms with Gasteiger partial charge in [0.25, 0.3) is 0 Å². The molecule has 2 aliphatic heterocycles. The predicted octanol–water partition coefficient (Wildman–Crippen LogP) is 4.04. The summed E-state index contributed by atoms with van der Waals surface area (Å²) >= 11 is 1.60. The number of likely N-dealkylation sites (tertiary alicyclic amines) is 1. The van der Waals surface area contributed by atoms with Gasteiger partial charge < -0.3 is 15.5 Å². The number of anilines is 2. The molecule has 0 spiro atoms. The third-order valence-electron chi connectivity index (χ3n) is 5.33. The van der Waals surface area contributed by atoms with E-state index in [1.807, 2.05) is 17.5 Å². The SMILES string of the molecule is CN1CCC(C2CNc3ccc(NC(=N)c4cccs4)cc32)CC1. The fraction of sp³-hybridized carbons (Fsp3) is 0.421. The highest BCUT2D eigenvalue weighted by Gasteiger charge is 2.31. The van der Waals surface area contributed by atoms with Crippen LogP contribution in [-0.4, -0.2) is 37.4 Å². The lowest BCUT2D eigenvalue weighted by atomic mass is 9.81. The van der Waals surface area contributed by atoms with Gasteiger partial charge in [0.05, 0.1) is 4.88 Å². The number of rotatable bonds is 3. The Morgan fingerprint density at radius 2 is 2.12 bits per heavy atom. The van der Waals surface area contributed by atoms with Crippen LogP contribution in [0.3, 0.4) is 0 Å².